The van der Waals surface area contributed by atoms with Gasteiger partial charge in [0.15, 0.2) is 0 Å². The fourth-order valence-corrected chi connectivity index (χ4v) is 5.04. The van der Waals surface area contributed by atoms with Gasteiger partial charge >= 0.3 is 0 Å². The van der Waals surface area contributed by atoms with Crippen molar-refractivity contribution in [3.63, 3.8) is 0 Å². The Bertz CT molecular complexity index is 1070. The highest BCUT2D eigenvalue weighted by molar-refractivity contribution is 7.93. The molecule has 7 heteroatoms. The smallest absolute Gasteiger partial charge is 0.278 e. The van der Waals surface area contributed by atoms with E-state index in [9.17, 15) is 8.42 Å². The van der Waals surface area contributed by atoms with Crippen molar-refractivity contribution in [1.29, 1.82) is 0 Å². The predicted octanol–water partition coefficient (Wildman–Crippen LogP) is 3.42. The first-order valence-electron chi connectivity index (χ1n) is 8.90. The van der Waals surface area contributed by atoms with Crippen molar-refractivity contribution in [2.75, 3.05) is 17.9 Å². The van der Waals surface area contributed by atoms with Gasteiger partial charge in [0.2, 0.25) is 5.44 Å². The van der Waals surface area contributed by atoms with Crippen molar-refractivity contribution < 1.29 is 13.2 Å². The van der Waals surface area contributed by atoms with Crippen LogP contribution in [-0.4, -0.2) is 32.4 Å². The van der Waals surface area contributed by atoms with Crippen molar-refractivity contribution >= 4 is 32.3 Å². The third kappa shape index (κ3) is 3.24. The Hall–Kier alpha value is -2.64. The number of hydrogen-bond donors (Lipinski definition) is 1. The summed E-state index contributed by atoms with van der Waals surface area (Å²) in [6.07, 6.45) is 2.72. The average Bonchev–Trinajstić information content (AvgIpc) is 2.68. The predicted molar refractivity (Wildman–Crippen MR) is 107 cm³/mol. The molecule has 27 heavy (non-hydrogen) atoms. The first kappa shape index (κ1) is 17.8. The molecule has 0 fully saturated rings. The maximum Gasteiger partial charge on any atom is 0.278 e. The molecule has 1 aromatic heterocycles. The number of aromatic nitrogens is 1. The van der Waals surface area contributed by atoms with E-state index in [1.165, 1.54) is 4.31 Å². The van der Waals surface area contributed by atoms with Crippen molar-refractivity contribution in [2.24, 2.45) is 0 Å². The fraction of sp³-hybridized carbons (Fsp3) is 0.250. The number of hydrogen-bond acceptors (Lipinski definition) is 5. The number of anilines is 2. The minimum absolute atomic E-state index is 0.412. The zero-order valence-electron chi connectivity index (χ0n) is 15.0. The molecule has 0 saturated carbocycles. The molecule has 0 amide bonds. The van der Waals surface area contributed by atoms with Gasteiger partial charge in [0.25, 0.3) is 10.0 Å². The minimum Gasteiger partial charge on any atom is -0.470 e. The summed E-state index contributed by atoms with van der Waals surface area (Å²) in [5, 5.41) is 3.93. The molecule has 0 bridgehead atoms. The SMILES string of the molecule is CNCCCC1Oc2ccccc2N(c2cnc3ccccc3c2)S1(=O)=O. The molecule has 0 saturated heterocycles. The Labute approximate surface area is 158 Å². The van der Waals surface area contributed by atoms with Crippen LogP contribution in [0.1, 0.15) is 12.8 Å². The van der Waals surface area contributed by atoms with Crippen molar-refractivity contribution in [1.82, 2.24) is 10.3 Å². The van der Waals surface area contributed by atoms with Crippen LogP contribution in [-0.2, 0) is 10.0 Å². The van der Waals surface area contributed by atoms with E-state index in [0.29, 0.717) is 30.0 Å². The Balaban J connectivity index is 1.82. The molecule has 6 nitrogen and oxygen atoms in total. The topological polar surface area (TPSA) is 71.5 Å². The molecule has 0 aliphatic carbocycles. The van der Waals surface area contributed by atoms with Crippen LogP contribution in [0, 0.1) is 0 Å². The number of benzene rings is 2. The number of nitrogens with one attached hydrogen (secondary N) is 1. The molecule has 1 aliphatic rings. The molecular weight excluding hydrogens is 362 g/mol. The fourth-order valence-electron chi connectivity index (χ4n) is 3.29. The van der Waals surface area contributed by atoms with Gasteiger partial charge in [-0.15, -0.1) is 0 Å². The summed E-state index contributed by atoms with van der Waals surface area (Å²) in [5.41, 5.74) is 0.931. The lowest BCUT2D eigenvalue weighted by atomic mass is 10.2. The lowest BCUT2D eigenvalue weighted by Gasteiger charge is -2.35. The van der Waals surface area contributed by atoms with Crippen LogP contribution in [0.15, 0.2) is 60.8 Å². The summed E-state index contributed by atoms with van der Waals surface area (Å²) in [6.45, 7) is 0.731. The quantitative estimate of drug-likeness (QED) is 0.684. The van der Waals surface area contributed by atoms with E-state index in [4.69, 9.17) is 4.74 Å². The lowest BCUT2D eigenvalue weighted by molar-refractivity contribution is 0.254. The van der Waals surface area contributed by atoms with Crippen LogP contribution < -0.4 is 14.4 Å². The maximum atomic E-state index is 13.4. The van der Waals surface area contributed by atoms with Gasteiger partial charge in [0, 0.05) is 11.8 Å². The molecule has 4 rings (SSSR count). The van der Waals surface area contributed by atoms with Crippen LogP contribution in [0.5, 0.6) is 5.75 Å². The first-order valence-corrected chi connectivity index (χ1v) is 10.4. The van der Waals surface area contributed by atoms with Gasteiger partial charge in [-0.3, -0.25) is 4.98 Å². The van der Waals surface area contributed by atoms with E-state index in [0.717, 1.165) is 17.4 Å². The number of pyridine rings is 1. The van der Waals surface area contributed by atoms with Crippen LogP contribution >= 0.6 is 0 Å². The summed E-state index contributed by atoms with van der Waals surface area (Å²) in [5.74, 6) is 0.565. The Morgan fingerprint density at radius 3 is 2.78 bits per heavy atom. The Morgan fingerprint density at radius 1 is 1.15 bits per heavy atom. The summed E-state index contributed by atoms with van der Waals surface area (Å²) in [4.78, 5) is 4.44. The monoisotopic (exact) mass is 383 g/mol. The van der Waals surface area contributed by atoms with E-state index in [-0.39, 0.29) is 0 Å². The third-order valence-electron chi connectivity index (χ3n) is 4.61. The second-order valence-corrected chi connectivity index (χ2v) is 8.38. The van der Waals surface area contributed by atoms with Gasteiger partial charge < -0.3 is 10.1 Å². The van der Waals surface area contributed by atoms with Gasteiger partial charge in [-0.1, -0.05) is 30.3 Å². The average molecular weight is 383 g/mol. The molecule has 1 aliphatic heterocycles. The normalized spacial score (nSPS) is 18.1. The van der Waals surface area contributed by atoms with Crippen molar-refractivity contribution in [2.45, 2.75) is 18.3 Å². The molecule has 2 aromatic carbocycles. The van der Waals surface area contributed by atoms with E-state index >= 15 is 0 Å². The van der Waals surface area contributed by atoms with Gasteiger partial charge in [-0.2, -0.15) is 0 Å². The summed E-state index contributed by atoms with van der Waals surface area (Å²) in [7, 11) is -1.89. The summed E-state index contributed by atoms with van der Waals surface area (Å²) < 4.78 is 33.9. The lowest BCUT2D eigenvalue weighted by Crippen LogP contribution is -2.43. The van der Waals surface area contributed by atoms with E-state index < -0.39 is 15.5 Å². The molecule has 140 valence electrons. The second kappa shape index (κ2) is 7.17. The second-order valence-electron chi connectivity index (χ2n) is 6.46. The third-order valence-corrected chi connectivity index (χ3v) is 6.52. The molecule has 1 N–H and O–H groups in total. The number of nitrogens with zero attached hydrogens (tertiary/aromatic N) is 2. The van der Waals surface area contributed by atoms with Crippen LogP contribution in [0.25, 0.3) is 10.9 Å². The first-order chi connectivity index (χ1) is 13.1. The highest BCUT2D eigenvalue weighted by atomic mass is 32.2. The van der Waals surface area contributed by atoms with Crippen molar-refractivity contribution in [3.05, 3.63) is 60.8 Å². The molecule has 0 radical (unpaired) electrons. The van der Waals surface area contributed by atoms with E-state index in [2.05, 4.69) is 10.3 Å². The number of fused-ring (bicyclic) bond motifs is 2. The highest BCUT2D eigenvalue weighted by Crippen LogP contribution is 2.43. The minimum atomic E-state index is -3.74. The zero-order valence-corrected chi connectivity index (χ0v) is 15.8. The molecule has 0 spiro atoms. The standard InChI is InChI=1S/C20H21N3O3S/c1-21-12-6-11-20-26-19-10-5-4-9-18(19)23(27(20,24)25)16-13-15-7-2-3-8-17(15)22-14-16/h2-5,7-10,13-14,20-21H,6,11-12H2,1H3. The van der Waals surface area contributed by atoms with Crippen molar-refractivity contribution in [3.8, 4) is 5.75 Å². The van der Waals surface area contributed by atoms with Crippen LogP contribution in [0.2, 0.25) is 0 Å². The highest BCUT2D eigenvalue weighted by Gasteiger charge is 2.40. The number of ether oxygens (including phenoxy) is 1. The largest absolute Gasteiger partial charge is 0.470 e. The molecular formula is C20H21N3O3S. The molecule has 1 atom stereocenters. The van der Waals surface area contributed by atoms with Gasteiger partial charge in [0.05, 0.1) is 23.1 Å². The van der Waals surface area contributed by atoms with Gasteiger partial charge in [0.1, 0.15) is 5.75 Å². The maximum absolute atomic E-state index is 13.4. The van der Waals surface area contributed by atoms with E-state index in [1.807, 2.05) is 43.4 Å². The van der Waals surface area contributed by atoms with E-state index in [1.54, 1.807) is 24.4 Å². The van der Waals surface area contributed by atoms with Gasteiger partial charge in [-0.25, -0.2) is 12.7 Å². The zero-order chi connectivity index (χ0) is 18.9. The number of para-hydroxylation sites is 3. The van der Waals surface area contributed by atoms with Crippen LogP contribution in [0.3, 0.4) is 0 Å². The van der Waals surface area contributed by atoms with Crippen LogP contribution in [0.4, 0.5) is 11.4 Å². The molecule has 2 heterocycles. The Kier molecular flexibility index (Phi) is 4.72. The number of rotatable bonds is 5. The molecule has 3 aromatic rings. The number of sulfonamides is 1. The Morgan fingerprint density at radius 2 is 1.93 bits per heavy atom. The summed E-state index contributed by atoms with van der Waals surface area (Å²) >= 11 is 0. The summed E-state index contributed by atoms with van der Waals surface area (Å²) in [6, 6.07) is 16.7. The van der Waals surface area contributed by atoms with Gasteiger partial charge in [-0.05, 0) is 44.3 Å². The molecule has 1 unspecified atom stereocenters.